The normalized spacial score (nSPS) is 19.9. The minimum atomic E-state index is -0.819. The molecule has 0 unspecified atom stereocenters. The Kier molecular flexibility index (Phi) is 7.08. The molecule has 11 nitrogen and oxygen atoms in total. The van der Waals surface area contributed by atoms with Crippen LogP contribution in [-0.4, -0.2) is 71.7 Å². The number of amides is 2. The van der Waals surface area contributed by atoms with Crippen LogP contribution in [0.2, 0.25) is 0 Å². The largest absolute Gasteiger partial charge is 0.493 e. The summed E-state index contributed by atoms with van der Waals surface area (Å²) in [4.78, 5) is 42.6. The number of H-pyrrole nitrogens is 1. The van der Waals surface area contributed by atoms with Crippen molar-refractivity contribution in [3.63, 3.8) is 0 Å². The first-order chi connectivity index (χ1) is 15.0. The summed E-state index contributed by atoms with van der Waals surface area (Å²) in [5, 5.41) is 9.77. The second-order valence-electron chi connectivity index (χ2n) is 6.83. The smallest absolute Gasteiger partial charge is 0.290 e. The van der Waals surface area contributed by atoms with Gasteiger partial charge in [-0.25, -0.2) is 4.98 Å². The third kappa shape index (κ3) is 4.77. The first-order valence-corrected chi connectivity index (χ1v) is 9.53. The van der Waals surface area contributed by atoms with Crippen molar-refractivity contribution in [2.24, 2.45) is 0 Å². The number of fused-ring (bicyclic) bond motifs is 1. The lowest BCUT2D eigenvalue weighted by molar-refractivity contribution is -0.156. The third-order valence-corrected chi connectivity index (χ3v) is 5.11. The summed E-state index contributed by atoms with van der Waals surface area (Å²) < 4.78 is 16.3. The Labute approximate surface area is 178 Å². The summed E-state index contributed by atoms with van der Waals surface area (Å²) in [5.41, 5.74) is 2.63. The summed E-state index contributed by atoms with van der Waals surface area (Å²) in [6, 6.07) is 4.68. The van der Waals surface area contributed by atoms with Crippen LogP contribution in [0.4, 0.5) is 0 Å². The highest BCUT2D eigenvalue weighted by Crippen LogP contribution is 2.33. The van der Waals surface area contributed by atoms with E-state index >= 15 is 0 Å². The molecule has 166 valence electrons. The van der Waals surface area contributed by atoms with Gasteiger partial charge in [-0.05, 0) is 17.7 Å². The lowest BCUT2D eigenvalue weighted by Crippen LogP contribution is -2.54. The number of hydrogen-bond acceptors (Lipinski definition) is 7. The maximum Gasteiger partial charge on any atom is 0.290 e. The maximum atomic E-state index is 13.2. The second kappa shape index (κ2) is 9.94. The van der Waals surface area contributed by atoms with Crippen LogP contribution in [-0.2, 0) is 32.1 Å². The molecule has 11 heteroatoms. The van der Waals surface area contributed by atoms with Crippen molar-refractivity contribution in [1.29, 1.82) is 0 Å². The van der Waals surface area contributed by atoms with Gasteiger partial charge < -0.3 is 34.5 Å². The Balaban J connectivity index is 0.000000858. The van der Waals surface area contributed by atoms with Crippen molar-refractivity contribution >= 4 is 18.3 Å². The molecule has 2 aliphatic heterocycles. The van der Waals surface area contributed by atoms with Crippen LogP contribution in [0.25, 0.3) is 0 Å². The summed E-state index contributed by atoms with van der Waals surface area (Å²) in [6.45, 7) is 0.604. The molecule has 2 aromatic rings. The Bertz CT molecular complexity index is 945. The van der Waals surface area contributed by atoms with Gasteiger partial charge >= 0.3 is 0 Å². The number of morpholine rings is 1. The predicted molar refractivity (Wildman–Crippen MR) is 107 cm³/mol. The van der Waals surface area contributed by atoms with E-state index in [1.807, 2.05) is 0 Å². The monoisotopic (exact) mass is 432 g/mol. The molecule has 3 N–H and O–H groups in total. The van der Waals surface area contributed by atoms with E-state index in [2.05, 4.69) is 15.3 Å². The number of carbonyl (C=O) groups excluding carboxylic acids is 2. The van der Waals surface area contributed by atoms with Crippen LogP contribution in [0, 0.1) is 0 Å². The average molecular weight is 432 g/mol. The Morgan fingerprint density at radius 1 is 1.32 bits per heavy atom. The second-order valence-corrected chi connectivity index (χ2v) is 6.83. The van der Waals surface area contributed by atoms with E-state index < -0.39 is 12.1 Å². The van der Waals surface area contributed by atoms with Crippen molar-refractivity contribution < 1.29 is 33.7 Å². The van der Waals surface area contributed by atoms with Crippen LogP contribution < -0.4 is 14.8 Å². The van der Waals surface area contributed by atoms with E-state index in [0.717, 1.165) is 11.4 Å². The van der Waals surface area contributed by atoms with Gasteiger partial charge in [-0.3, -0.25) is 14.4 Å². The first-order valence-electron chi connectivity index (χ1n) is 9.53. The number of ether oxygens (including phenoxy) is 3. The predicted octanol–water partition coefficient (Wildman–Crippen LogP) is 0.269. The van der Waals surface area contributed by atoms with E-state index in [0.29, 0.717) is 36.6 Å². The molecule has 0 radical (unpaired) electrons. The molecule has 4 rings (SSSR count). The molecule has 2 aliphatic rings. The van der Waals surface area contributed by atoms with Crippen LogP contribution in [0.3, 0.4) is 0 Å². The molecule has 1 fully saturated rings. The summed E-state index contributed by atoms with van der Waals surface area (Å²) in [6.07, 6.45) is 1.51. The van der Waals surface area contributed by atoms with Gasteiger partial charge in [0.25, 0.3) is 12.4 Å². The van der Waals surface area contributed by atoms with Crippen LogP contribution in [0.15, 0.2) is 24.5 Å². The fourth-order valence-corrected chi connectivity index (χ4v) is 3.65. The molecule has 2 atom stereocenters. The standard InChI is InChI=1S/C19H22N4O5.CH2O2/c1-26-14-4-3-11(7-15(14)27-2)17-18(28-9-16(24)22-17)19(25)23-6-5-12-13(8-23)21-10-20-12;2-1-3/h3-4,7,10,17-18H,5-6,8-9H2,1-2H3,(H,20,21)(H,22,24);1H,(H,2,3)/t17-,18+;/m1./s1. The lowest BCUT2D eigenvalue weighted by Gasteiger charge is -2.36. The van der Waals surface area contributed by atoms with Gasteiger partial charge in [0.2, 0.25) is 5.91 Å². The highest BCUT2D eigenvalue weighted by atomic mass is 16.5. The number of aromatic amines is 1. The van der Waals surface area contributed by atoms with E-state index in [1.54, 1.807) is 36.5 Å². The minimum Gasteiger partial charge on any atom is -0.493 e. The van der Waals surface area contributed by atoms with Gasteiger partial charge in [0.05, 0.1) is 44.5 Å². The zero-order chi connectivity index (χ0) is 22.4. The molecular formula is C20H24N4O7. The molecule has 3 heterocycles. The van der Waals surface area contributed by atoms with Gasteiger partial charge in [-0.15, -0.1) is 0 Å². The fourth-order valence-electron chi connectivity index (χ4n) is 3.65. The first kappa shape index (κ1) is 22.1. The van der Waals surface area contributed by atoms with Crippen molar-refractivity contribution in [2.45, 2.75) is 25.1 Å². The topological polar surface area (TPSA) is 143 Å². The van der Waals surface area contributed by atoms with Gasteiger partial charge in [0, 0.05) is 13.0 Å². The van der Waals surface area contributed by atoms with Crippen molar-refractivity contribution in [3.8, 4) is 11.5 Å². The number of benzene rings is 1. The van der Waals surface area contributed by atoms with Crippen LogP contribution >= 0.6 is 0 Å². The van der Waals surface area contributed by atoms with Crippen LogP contribution in [0.1, 0.15) is 23.0 Å². The molecule has 2 amide bonds. The molecule has 0 spiro atoms. The highest BCUT2D eigenvalue weighted by Gasteiger charge is 2.39. The van der Waals surface area contributed by atoms with E-state index in [9.17, 15) is 9.59 Å². The molecule has 0 bridgehead atoms. The highest BCUT2D eigenvalue weighted by molar-refractivity contribution is 5.86. The molecule has 1 saturated heterocycles. The number of rotatable bonds is 4. The fraction of sp³-hybridized carbons (Fsp3) is 0.400. The number of carboxylic acid groups (broad SMARTS) is 1. The number of nitrogens with zero attached hydrogens (tertiary/aromatic N) is 2. The SMILES string of the molecule is COc1ccc([C@H]2NC(=O)CO[C@@H]2C(=O)N2CCc3nc[nH]c3C2)cc1OC.O=CO. The molecular weight excluding hydrogens is 408 g/mol. The molecule has 0 aliphatic carbocycles. The Morgan fingerprint density at radius 3 is 2.77 bits per heavy atom. The van der Waals surface area contributed by atoms with Gasteiger partial charge in [0.15, 0.2) is 17.6 Å². The maximum absolute atomic E-state index is 13.2. The van der Waals surface area contributed by atoms with E-state index in [1.165, 1.54) is 7.11 Å². The number of nitrogens with one attached hydrogen (secondary N) is 2. The third-order valence-electron chi connectivity index (χ3n) is 5.11. The number of carbonyl (C=O) groups is 3. The number of hydrogen-bond donors (Lipinski definition) is 3. The lowest BCUT2D eigenvalue weighted by atomic mass is 9.97. The Hall–Kier alpha value is -3.60. The van der Waals surface area contributed by atoms with Crippen molar-refractivity contribution in [3.05, 3.63) is 41.5 Å². The van der Waals surface area contributed by atoms with Gasteiger partial charge in [-0.1, -0.05) is 6.07 Å². The molecule has 0 saturated carbocycles. The van der Waals surface area contributed by atoms with Crippen molar-refractivity contribution in [1.82, 2.24) is 20.2 Å². The van der Waals surface area contributed by atoms with Crippen molar-refractivity contribution in [2.75, 3.05) is 27.4 Å². The zero-order valence-corrected chi connectivity index (χ0v) is 17.2. The Morgan fingerprint density at radius 2 is 2.06 bits per heavy atom. The molecule has 1 aromatic carbocycles. The molecule has 1 aromatic heterocycles. The number of aromatic nitrogens is 2. The number of imidazole rings is 1. The average Bonchev–Trinajstić information content (AvgIpc) is 3.26. The van der Waals surface area contributed by atoms with Gasteiger partial charge in [0.1, 0.15) is 6.61 Å². The summed E-state index contributed by atoms with van der Waals surface area (Å²) in [7, 11) is 3.09. The van der Waals surface area contributed by atoms with Gasteiger partial charge in [-0.2, -0.15) is 0 Å². The number of methoxy groups -OCH3 is 2. The summed E-state index contributed by atoms with van der Waals surface area (Å²) >= 11 is 0. The molecule has 31 heavy (non-hydrogen) atoms. The minimum absolute atomic E-state index is 0.149. The quantitative estimate of drug-likeness (QED) is 0.584. The zero-order valence-electron chi connectivity index (χ0n) is 17.2. The van der Waals surface area contributed by atoms with E-state index in [4.69, 9.17) is 24.1 Å². The van der Waals surface area contributed by atoms with Crippen LogP contribution in [0.5, 0.6) is 11.5 Å². The summed E-state index contributed by atoms with van der Waals surface area (Å²) in [5.74, 6) is 0.657. The van der Waals surface area contributed by atoms with E-state index in [-0.39, 0.29) is 24.9 Å².